The van der Waals surface area contributed by atoms with Gasteiger partial charge in [0, 0.05) is 23.5 Å². The molecule has 0 aromatic rings. The van der Waals surface area contributed by atoms with Crippen LogP contribution in [0.5, 0.6) is 0 Å². The fourth-order valence-electron chi connectivity index (χ4n) is 14.0. The molecule has 5 saturated carbocycles. The van der Waals surface area contributed by atoms with E-state index in [-0.39, 0.29) is 40.2 Å². The highest BCUT2D eigenvalue weighted by atomic mass is 16.3. The molecule has 1 saturated heterocycles. The fourth-order valence-corrected chi connectivity index (χ4v) is 14.0. The van der Waals surface area contributed by atoms with E-state index < -0.39 is 0 Å². The maximum Gasteiger partial charge on any atom is 0.0696 e. The SMILES string of the molecule is C=C(C)C1CC2=C(C)C=C(C34C=CC56C(CC7CC(NCC(C)O)C(O)CC75)CC(CC3)C6(C)N4)CC2(C)C2(CCCC2)C1. The molecule has 12 atom stereocenters. The standard InChI is InChI=1S/C40H60N2O2/c1-24(2)28-17-32-25(3)15-31(22-36(32,5)38(21-28)10-7-8-11-38)39-12-9-29-19-30-16-27-18-34(41-23-26(4)43)35(44)20-33(27)40(30,14-13-39)37(29,6)42-39/h13-15,26-30,33-35,41-44H,1,7-12,16-23H2,2-6H3. The van der Waals surface area contributed by atoms with Crippen LogP contribution < -0.4 is 10.6 Å². The molecule has 2 spiro atoms. The lowest BCUT2D eigenvalue weighted by Crippen LogP contribution is -2.72. The van der Waals surface area contributed by atoms with Crippen molar-refractivity contribution >= 4 is 0 Å². The van der Waals surface area contributed by atoms with E-state index >= 15 is 0 Å². The van der Waals surface area contributed by atoms with Crippen LogP contribution in [-0.2, 0) is 0 Å². The summed E-state index contributed by atoms with van der Waals surface area (Å²) in [6.07, 6.45) is 23.8. The van der Waals surface area contributed by atoms with Crippen molar-refractivity contribution in [3.8, 4) is 0 Å². The summed E-state index contributed by atoms with van der Waals surface area (Å²) < 4.78 is 0. The van der Waals surface area contributed by atoms with Crippen molar-refractivity contribution in [3.05, 3.63) is 47.1 Å². The van der Waals surface area contributed by atoms with Crippen molar-refractivity contribution in [3.63, 3.8) is 0 Å². The topological polar surface area (TPSA) is 64.5 Å². The van der Waals surface area contributed by atoms with E-state index in [4.69, 9.17) is 0 Å². The summed E-state index contributed by atoms with van der Waals surface area (Å²) in [4.78, 5) is 0. The molecule has 4 N–H and O–H groups in total. The van der Waals surface area contributed by atoms with Gasteiger partial charge in [0.25, 0.3) is 0 Å². The number of rotatable bonds is 5. The van der Waals surface area contributed by atoms with Crippen LogP contribution in [0.15, 0.2) is 47.1 Å². The van der Waals surface area contributed by atoms with Crippen molar-refractivity contribution < 1.29 is 10.2 Å². The Morgan fingerprint density at radius 1 is 1.09 bits per heavy atom. The first-order chi connectivity index (χ1) is 20.9. The van der Waals surface area contributed by atoms with Gasteiger partial charge < -0.3 is 15.5 Å². The maximum absolute atomic E-state index is 11.4. The van der Waals surface area contributed by atoms with Crippen LogP contribution in [-0.4, -0.2) is 46.1 Å². The third-order valence-electron chi connectivity index (χ3n) is 16.1. The van der Waals surface area contributed by atoms with Gasteiger partial charge in [-0.05, 0) is 144 Å². The normalized spacial score (nSPS) is 50.7. The quantitative estimate of drug-likeness (QED) is 0.249. The number of allylic oxidation sites excluding steroid dienone is 4. The molecule has 0 aromatic carbocycles. The number of hydrogen-bond donors (Lipinski definition) is 4. The molecule has 2 heterocycles. The van der Waals surface area contributed by atoms with Gasteiger partial charge in [-0.25, -0.2) is 0 Å². The second kappa shape index (κ2) is 9.91. The molecule has 8 aliphatic rings. The monoisotopic (exact) mass is 600 g/mol. The fraction of sp³-hybridized carbons (Fsp3) is 0.800. The zero-order chi connectivity index (χ0) is 30.9. The minimum Gasteiger partial charge on any atom is -0.392 e. The van der Waals surface area contributed by atoms with Gasteiger partial charge in [-0.2, -0.15) is 0 Å². The average Bonchev–Trinajstić information content (AvgIpc) is 3.63. The van der Waals surface area contributed by atoms with Crippen molar-refractivity contribution in [2.24, 2.45) is 45.8 Å². The van der Waals surface area contributed by atoms with Gasteiger partial charge in [-0.15, -0.1) is 0 Å². The van der Waals surface area contributed by atoms with Crippen molar-refractivity contribution in [1.29, 1.82) is 0 Å². The van der Waals surface area contributed by atoms with E-state index in [0.717, 1.165) is 12.8 Å². The molecule has 6 aliphatic carbocycles. The van der Waals surface area contributed by atoms with Crippen LogP contribution in [0.25, 0.3) is 0 Å². The number of aliphatic hydroxyl groups is 2. The largest absolute Gasteiger partial charge is 0.392 e. The van der Waals surface area contributed by atoms with E-state index in [1.165, 1.54) is 76.2 Å². The number of fused-ring (bicyclic) bond motifs is 4. The summed E-state index contributed by atoms with van der Waals surface area (Å²) >= 11 is 0. The predicted molar refractivity (Wildman–Crippen MR) is 179 cm³/mol. The van der Waals surface area contributed by atoms with E-state index in [0.29, 0.717) is 41.5 Å². The summed E-state index contributed by atoms with van der Waals surface area (Å²) in [6.45, 7) is 16.9. The highest BCUT2D eigenvalue weighted by Crippen LogP contribution is 2.74. The first kappa shape index (κ1) is 30.2. The molecule has 4 nitrogen and oxygen atoms in total. The zero-order valence-electron chi connectivity index (χ0n) is 28.4. The molecule has 2 aliphatic heterocycles. The van der Waals surface area contributed by atoms with Gasteiger partial charge in [0.05, 0.1) is 17.7 Å². The minimum absolute atomic E-state index is 0.0427. The van der Waals surface area contributed by atoms with Gasteiger partial charge >= 0.3 is 0 Å². The lowest BCUT2D eigenvalue weighted by Gasteiger charge is -2.63. The van der Waals surface area contributed by atoms with E-state index in [2.05, 4.69) is 63.1 Å². The van der Waals surface area contributed by atoms with Crippen LogP contribution in [0.1, 0.15) is 118 Å². The second-order valence-corrected chi connectivity index (χ2v) is 18.0. The molecule has 0 aromatic heterocycles. The number of aliphatic hydroxyl groups excluding tert-OH is 2. The van der Waals surface area contributed by atoms with Crippen molar-refractivity contribution in [2.45, 2.75) is 147 Å². The van der Waals surface area contributed by atoms with Gasteiger partial charge in [0.15, 0.2) is 0 Å². The van der Waals surface area contributed by atoms with Crippen LogP contribution in [0.3, 0.4) is 0 Å². The first-order valence-corrected chi connectivity index (χ1v) is 18.5. The molecule has 8 rings (SSSR count). The molecule has 4 heteroatoms. The molecular weight excluding hydrogens is 540 g/mol. The van der Waals surface area contributed by atoms with Crippen LogP contribution in [0.4, 0.5) is 0 Å². The smallest absolute Gasteiger partial charge is 0.0696 e. The Hall–Kier alpha value is -1.20. The Bertz CT molecular complexity index is 1320. The molecular formula is C40H60N2O2. The Labute approximate surface area is 267 Å². The Balaban J connectivity index is 1.15. The lowest BCUT2D eigenvalue weighted by molar-refractivity contribution is -0.0373. The number of hydrogen-bond acceptors (Lipinski definition) is 4. The maximum atomic E-state index is 11.4. The van der Waals surface area contributed by atoms with Crippen LogP contribution >= 0.6 is 0 Å². The molecule has 0 amide bonds. The highest BCUT2D eigenvalue weighted by Gasteiger charge is 2.73. The van der Waals surface area contributed by atoms with Gasteiger partial charge in [-0.3, -0.25) is 5.32 Å². The second-order valence-electron chi connectivity index (χ2n) is 18.0. The Morgan fingerprint density at radius 3 is 2.59 bits per heavy atom. The number of nitrogens with one attached hydrogen (secondary N) is 2. The third kappa shape index (κ3) is 3.84. The van der Waals surface area contributed by atoms with Crippen molar-refractivity contribution in [2.75, 3.05) is 6.54 Å². The Kier molecular flexibility index (Phi) is 6.79. The van der Waals surface area contributed by atoms with E-state index in [9.17, 15) is 10.2 Å². The van der Waals surface area contributed by atoms with E-state index in [1.807, 2.05) is 6.92 Å². The lowest BCUT2D eigenvalue weighted by atomic mass is 9.46. The first-order valence-electron chi connectivity index (χ1n) is 18.5. The summed E-state index contributed by atoms with van der Waals surface area (Å²) in [7, 11) is 0. The van der Waals surface area contributed by atoms with Gasteiger partial charge in [0.1, 0.15) is 0 Å². The Morgan fingerprint density at radius 2 is 1.86 bits per heavy atom. The molecule has 6 fully saturated rings. The minimum atomic E-state index is -0.377. The summed E-state index contributed by atoms with van der Waals surface area (Å²) in [6, 6.07) is 0.107. The number of piperidine rings is 1. The van der Waals surface area contributed by atoms with Crippen molar-refractivity contribution in [1.82, 2.24) is 10.6 Å². The average molecular weight is 601 g/mol. The predicted octanol–water partition coefficient (Wildman–Crippen LogP) is 7.39. The van der Waals surface area contributed by atoms with E-state index in [1.54, 1.807) is 16.7 Å². The molecule has 242 valence electrons. The van der Waals surface area contributed by atoms with Gasteiger partial charge in [0.2, 0.25) is 0 Å². The van der Waals surface area contributed by atoms with Crippen LogP contribution in [0.2, 0.25) is 0 Å². The molecule has 12 unspecified atom stereocenters. The molecule has 0 radical (unpaired) electrons. The third-order valence-corrected chi connectivity index (χ3v) is 16.1. The highest BCUT2D eigenvalue weighted by molar-refractivity contribution is 5.50. The molecule has 44 heavy (non-hydrogen) atoms. The van der Waals surface area contributed by atoms with Crippen LogP contribution in [0, 0.1) is 45.8 Å². The summed E-state index contributed by atoms with van der Waals surface area (Å²) in [5, 5.41) is 29.4. The summed E-state index contributed by atoms with van der Waals surface area (Å²) in [5.41, 5.74) is 7.20. The zero-order valence-corrected chi connectivity index (χ0v) is 28.4. The summed E-state index contributed by atoms with van der Waals surface area (Å²) in [5.74, 6) is 3.25. The van der Waals surface area contributed by atoms with Gasteiger partial charge in [-0.1, -0.05) is 61.3 Å². The molecule has 2 bridgehead atoms.